The van der Waals surface area contributed by atoms with E-state index in [2.05, 4.69) is 24.4 Å². The van der Waals surface area contributed by atoms with Crippen LogP contribution in [-0.2, 0) is 0 Å². The summed E-state index contributed by atoms with van der Waals surface area (Å²) in [5.74, 6) is 0.537. The van der Waals surface area contributed by atoms with E-state index in [9.17, 15) is 8.78 Å². The van der Waals surface area contributed by atoms with Gasteiger partial charge in [-0.25, -0.2) is 13.8 Å². The monoisotopic (exact) mass is 598 g/mol. The SMILES string of the molecule is CN1Sc2c(nc(OC[C@@]34CCCN3CC(F)C4)nc2N2CC3CCC(C2)N3)C=C1c1ccc(F)c2sc(N)nc12. The van der Waals surface area contributed by atoms with Crippen molar-refractivity contribution in [3.8, 4) is 6.01 Å². The molecule has 13 heteroatoms. The van der Waals surface area contributed by atoms with Crippen LogP contribution in [0.25, 0.3) is 22.0 Å². The first kappa shape index (κ1) is 25.9. The van der Waals surface area contributed by atoms with Gasteiger partial charge in [-0.2, -0.15) is 9.97 Å². The van der Waals surface area contributed by atoms with E-state index in [-0.39, 0.29) is 11.4 Å². The van der Waals surface area contributed by atoms with Gasteiger partial charge in [-0.15, -0.1) is 0 Å². The molecule has 5 aliphatic heterocycles. The zero-order chi connectivity index (χ0) is 27.9. The highest BCUT2D eigenvalue weighted by molar-refractivity contribution is 7.97. The maximum atomic E-state index is 14.6. The van der Waals surface area contributed by atoms with E-state index < -0.39 is 6.17 Å². The number of nitrogens with zero attached hydrogens (tertiary/aromatic N) is 6. The molecule has 8 rings (SSSR count). The highest BCUT2D eigenvalue weighted by Crippen LogP contribution is 2.46. The van der Waals surface area contributed by atoms with Gasteiger partial charge in [-0.1, -0.05) is 11.3 Å². The number of nitrogens with one attached hydrogen (secondary N) is 1. The van der Waals surface area contributed by atoms with Gasteiger partial charge in [0.1, 0.15) is 18.6 Å². The van der Waals surface area contributed by atoms with Gasteiger partial charge in [0.15, 0.2) is 10.9 Å². The molecule has 4 atom stereocenters. The summed E-state index contributed by atoms with van der Waals surface area (Å²) in [6, 6.07) is 4.41. The van der Waals surface area contributed by atoms with Crippen molar-refractivity contribution >= 4 is 56.2 Å². The molecule has 5 aliphatic rings. The largest absolute Gasteiger partial charge is 0.461 e. The fourth-order valence-electron chi connectivity index (χ4n) is 7.37. The highest BCUT2D eigenvalue weighted by Gasteiger charge is 2.49. The Labute approximate surface area is 245 Å². The van der Waals surface area contributed by atoms with E-state index in [4.69, 9.17) is 20.4 Å². The molecule has 0 radical (unpaired) electrons. The number of benzene rings is 1. The standard InChI is InChI=1S/C28H32F2N8OS2/c1-36-21(18-5-6-19(30)23-22(18)34-26(31)40-23)9-20-24(41-36)25(37-12-16-3-4-17(13-37)32-16)35-27(33-20)39-14-28-7-2-8-38(28)11-15(29)10-28/h5-6,9,15-17,32H,2-4,7-8,10-14H2,1H3,(H2,31,34)/t15?,16?,17?,28-/m0/s1. The molecule has 4 saturated heterocycles. The van der Waals surface area contributed by atoms with E-state index in [1.807, 2.05) is 13.1 Å². The van der Waals surface area contributed by atoms with Crippen molar-refractivity contribution in [1.82, 2.24) is 29.5 Å². The predicted molar refractivity (Wildman–Crippen MR) is 158 cm³/mol. The summed E-state index contributed by atoms with van der Waals surface area (Å²) >= 11 is 2.71. The molecule has 3 unspecified atom stereocenters. The number of hydrogen-bond acceptors (Lipinski definition) is 11. The van der Waals surface area contributed by atoms with Crippen LogP contribution in [0.2, 0.25) is 0 Å². The summed E-state index contributed by atoms with van der Waals surface area (Å²) < 4.78 is 37.9. The highest BCUT2D eigenvalue weighted by atomic mass is 32.2. The van der Waals surface area contributed by atoms with Gasteiger partial charge in [0, 0.05) is 50.7 Å². The van der Waals surface area contributed by atoms with Gasteiger partial charge in [0.2, 0.25) is 0 Å². The zero-order valence-electron chi connectivity index (χ0n) is 22.8. The van der Waals surface area contributed by atoms with E-state index >= 15 is 0 Å². The van der Waals surface area contributed by atoms with Crippen molar-refractivity contribution in [2.24, 2.45) is 0 Å². The molecule has 0 saturated carbocycles. The molecule has 0 amide bonds. The number of ether oxygens (including phenoxy) is 1. The lowest BCUT2D eigenvalue weighted by Gasteiger charge is -2.36. The van der Waals surface area contributed by atoms with Crippen LogP contribution in [0.15, 0.2) is 17.0 Å². The molecule has 0 aliphatic carbocycles. The first-order valence-electron chi connectivity index (χ1n) is 14.3. The Balaban J connectivity index is 1.20. The van der Waals surface area contributed by atoms with Gasteiger partial charge < -0.3 is 25.0 Å². The normalized spacial score (nSPS) is 29.2. The molecule has 7 heterocycles. The predicted octanol–water partition coefficient (Wildman–Crippen LogP) is 4.15. The third-order valence-corrected chi connectivity index (χ3v) is 11.2. The maximum Gasteiger partial charge on any atom is 0.319 e. The second kappa shape index (κ2) is 9.65. The van der Waals surface area contributed by atoms with Crippen molar-refractivity contribution in [3.63, 3.8) is 0 Å². The number of nitrogen functional groups attached to an aromatic ring is 1. The Morgan fingerprint density at radius 1 is 1.17 bits per heavy atom. The van der Waals surface area contributed by atoms with Crippen LogP contribution in [0.5, 0.6) is 6.01 Å². The smallest absolute Gasteiger partial charge is 0.319 e. The van der Waals surface area contributed by atoms with Crippen molar-refractivity contribution < 1.29 is 13.5 Å². The molecule has 9 nitrogen and oxygen atoms in total. The third kappa shape index (κ3) is 4.34. The Kier molecular flexibility index (Phi) is 6.10. The first-order valence-corrected chi connectivity index (χ1v) is 15.9. The average Bonchev–Trinajstić information content (AvgIpc) is 3.69. The van der Waals surface area contributed by atoms with Crippen LogP contribution in [-0.4, -0.2) is 87.8 Å². The number of fused-ring (bicyclic) bond motifs is 5. The van der Waals surface area contributed by atoms with Crippen molar-refractivity contribution in [2.45, 2.75) is 60.8 Å². The minimum atomic E-state index is -0.819. The van der Waals surface area contributed by atoms with Crippen molar-refractivity contribution in [3.05, 3.63) is 29.2 Å². The summed E-state index contributed by atoms with van der Waals surface area (Å²) in [5, 5.41) is 4.03. The Morgan fingerprint density at radius 2 is 2.00 bits per heavy atom. The van der Waals surface area contributed by atoms with Gasteiger partial charge >= 0.3 is 6.01 Å². The van der Waals surface area contributed by atoms with Crippen LogP contribution in [0.1, 0.15) is 43.4 Å². The van der Waals surface area contributed by atoms with Gasteiger partial charge in [-0.05, 0) is 62.4 Å². The molecule has 1 aromatic carbocycles. The fourth-order valence-corrected chi connectivity index (χ4v) is 9.11. The van der Waals surface area contributed by atoms with Gasteiger partial charge in [0.25, 0.3) is 0 Å². The molecule has 4 fully saturated rings. The molecule has 3 aromatic rings. The molecule has 216 valence electrons. The average molecular weight is 599 g/mol. The van der Waals surface area contributed by atoms with Crippen LogP contribution in [0.3, 0.4) is 0 Å². The van der Waals surface area contributed by atoms with Crippen LogP contribution in [0.4, 0.5) is 19.7 Å². The number of anilines is 2. The topological polar surface area (TPSA) is 95.7 Å². The lowest BCUT2D eigenvalue weighted by molar-refractivity contribution is 0.107. The fraction of sp³-hybridized carbons (Fsp3) is 0.536. The number of piperazine rings is 1. The molecule has 0 spiro atoms. The molecular weight excluding hydrogens is 566 g/mol. The number of thiazole rings is 1. The maximum absolute atomic E-state index is 14.6. The minimum absolute atomic E-state index is 0.284. The van der Waals surface area contributed by atoms with Crippen molar-refractivity contribution in [2.75, 3.05) is 50.5 Å². The summed E-state index contributed by atoms with van der Waals surface area (Å²) in [6.07, 6.45) is 5.99. The molecule has 2 aromatic heterocycles. The van der Waals surface area contributed by atoms with E-state index in [1.54, 1.807) is 18.0 Å². The summed E-state index contributed by atoms with van der Waals surface area (Å²) in [7, 11) is 1.99. The lowest BCUT2D eigenvalue weighted by Crippen LogP contribution is -2.51. The third-order valence-electron chi connectivity index (χ3n) is 9.23. The first-order chi connectivity index (χ1) is 19.8. The van der Waals surface area contributed by atoms with Crippen LogP contribution >= 0.6 is 23.3 Å². The Morgan fingerprint density at radius 3 is 2.83 bits per heavy atom. The van der Waals surface area contributed by atoms with Crippen molar-refractivity contribution in [1.29, 1.82) is 0 Å². The summed E-state index contributed by atoms with van der Waals surface area (Å²) in [6.45, 7) is 3.51. The lowest BCUT2D eigenvalue weighted by atomic mass is 9.95. The van der Waals surface area contributed by atoms with E-state index in [1.165, 1.54) is 6.07 Å². The van der Waals surface area contributed by atoms with Gasteiger partial charge in [-0.3, -0.25) is 4.90 Å². The molecular formula is C28H32F2N8OS2. The molecule has 2 bridgehead atoms. The number of halogens is 2. The second-order valence-electron chi connectivity index (χ2n) is 11.9. The Bertz CT molecular complexity index is 1560. The van der Waals surface area contributed by atoms with Crippen LogP contribution in [0, 0.1) is 5.82 Å². The number of nitrogens with two attached hydrogens (primary N) is 1. The summed E-state index contributed by atoms with van der Waals surface area (Å²) in [5.41, 5.74) is 8.63. The second-order valence-corrected chi connectivity index (χ2v) is 14.1. The number of rotatable bonds is 5. The summed E-state index contributed by atoms with van der Waals surface area (Å²) in [4.78, 5) is 19.9. The van der Waals surface area contributed by atoms with E-state index in [0.29, 0.717) is 53.0 Å². The number of alkyl halides is 1. The minimum Gasteiger partial charge on any atom is -0.461 e. The number of aromatic nitrogens is 3. The van der Waals surface area contributed by atoms with E-state index in [0.717, 1.165) is 84.3 Å². The Hall–Kier alpha value is -2.74. The van der Waals surface area contributed by atoms with Gasteiger partial charge in [0.05, 0.1) is 32.0 Å². The quantitative estimate of drug-likeness (QED) is 0.417. The zero-order valence-corrected chi connectivity index (χ0v) is 24.4. The molecule has 41 heavy (non-hydrogen) atoms. The van der Waals surface area contributed by atoms with Crippen LogP contribution < -0.4 is 20.7 Å². The molecule has 3 N–H and O–H groups in total. The number of hydrogen-bond donors (Lipinski definition) is 2.